The molecule has 2 rings (SSSR count). The molecule has 1 saturated carbocycles. The van der Waals surface area contributed by atoms with Crippen LogP contribution in [0, 0.1) is 0 Å². The van der Waals surface area contributed by atoms with Crippen LogP contribution < -0.4 is 5.32 Å². The standard InChI is InChI=1S/C14H26N2O3/c1-11(10-17)16(2)13(18)15-12-5-8-19-14(9-12)6-3-4-7-14/h11-12,17H,3-10H2,1-2H3,(H,15,18). The summed E-state index contributed by atoms with van der Waals surface area (Å²) in [6.07, 6.45) is 6.55. The molecule has 0 bridgehead atoms. The molecule has 0 aromatic carbocycles. The third kappa shape index (κ3) is 3.39. The van der Waals surface area contributed by atoms with Gasteiger partial charge in [-0.05, 0) is 32.6 Å². The maximum absolute atomic E-state index is 12.1. The highest BCUT2D eigenvalue weighted by Gasteiger charge is 2.40. The summed E-state index contributed by atoms with van der Waals surface area (Å²) < 4.78 is 5.96. The van der Waals surface area contributed by atoms with Crippen molar-refractivity contribution in [3.63, 3.8) is 0 Å². The second-order valence-electron chi connectivity index (χ2n) is 6.02. The summed E-state index contributed by atoms with van der Waals surface area (Å²) in [4.78, 5) is 13.6. The van der Waals surface area contributed by atoms with Crippen molar-refractivity contribution in [2.45, 2.75) is 63.1 Å². The van der Waals surface area contributed by atoms with Crippen LogP contribution in [0.4, 0.5) is 4.79 Å². The van der Waals surface area contributed by atoms with Crippen LogP contribution in [0.25, 0.3) is 0 Å². The number of carbonyl (C=O) groups excluding carboxylic acids is 1. The van der Waals surface area contributed by atoms with Gasteiger partial charge in [0, 0.05) is 19.7 Å². The van der Waals surface area contributed by atoms with Crippen molar-refractivity contribution in [3.05, 3.63) is 0 Å². The summed E-state index contributed by atoms with van der Waals surface area (Å²) in [5.74, 6) is 0. The van der Waals surface area contributed by atoms with Crippen LogP contribution in [-0.4, -0.2) is 54.0 Å². The van der Waals surface area contributed by atoms with Gasteiger partial charge in [0.05, 0.1) is 18.2 Å². The van der Waals surface area contributed by atoms with Crippen molar-refractivity contribution in [2.24, 2.45) is 0 Å². The van der Waals surface area contributed by atoms with Gasteiger partial charge in [0.15, 0.2) is 0 Å². The largest absolute Gasteiger partial charge is 0.394 e. The van der Waals surface area contributed by atoms with Crippen LogP contribution in [0.3, 0.4) is 0 Å². The van der Waals surface area contributed by atoms with Gasteiger partial charge in [-0.15, -0.1) is 0 Å². The Hall–Kier alpha value is -0.810. The van der Waals surface area contributed by atoms with Crippen molar-refractivity contribution in [3.8, 4) is 0 Å². The van der Waals surface area contributed by atoms with Crippen molar-refractivity contribution in [1.82, 2.24) is 10.2 Å². The Balaban J connectivity index is 1.86. The van der Waals surface area contributed by atoms with Crippen LogP contribution in [0.5, 0.6) is 0 Å². The number of hydrogen-bond acceptors (Lipinski definition) is 3. The number of urea groups is 1. The molecule has 1 aliphatic carbocycles. The minimum absolute atomic E-state index is 0.0123. The highest BCUT2D eigenvalue weighted by molar-refractivity contribution is 5.74. The molecular weight excluding hydrogens is 244 g/mol. The van der Waals surface area contributed by atoms with E-state index < -0.39 is 0 Å². The molecule has 2 aliphatic rings. The molecule has 2 unspecified atom stereocenters. The molecule has 1 saturated heterocycles. The zero-order valence-corrected chi connectivity index (χ0v) is 12.0. The van der Waals surface area contributed by atoms with Crippen molar-refractivity contribution >= 4 is 6.03 Å². The van der Waals surface area contributed by atoms with E-state index in [1.165, 1.54) is 12.8 Å². The van der Waals surface area contributed by atoms with Crippen LogP contribution in [-0.2, 0) is 4.74 Å². The average Bonchev–Trinajstić information content (AvgIpc) is 2.84. The Labute approximate surface area is 115 Å². The molecule has 1 spiro atoms. The number of carbonyl (C=O) groups is 1. The van der Waals surface area contributed by atoms with E-state index in [2.05, 4.69) is 5.32 Å². The fourth-order valence-corrected chi connectivity index (χ4v) is 3.12. The van der Waals surface area contributed by atoms with Crippen molar-refractivity contribution in [1.29, 1.82) is 0 Å². The van der Waals surface area contributed by atoms with Crippen molar-refractivity contribution < 1.29 is 14.6 Å². The lowest BCUT2D eigenvalue weighted by Gasteiger charge is -2.39. The second-order valence-corrected chi connectivity index (χ2v) is 6.02. The van der Waals surface area contributed by atoms with Crippen LogP contribution >= 0.6 is 0 Å². The lowest BCUT2D eigenvalue weighted by Crippen LogP contribution is -2.52. The predicted molar refractivity (Wildman–Crippen MR) is 73.0 cm³/mol. The monoisotopic (exact) mass is 270 g/mol. The minimum Gasteiger partial charge on any atom is -0.394 e. The number of rotatable bonds is 3. The Bertz CT molecular complexity index is 316. The van der Waals surface area contributed by atoms with Gasteiger partial charge < -0.3 is 20.1 Å². The van der Waals surface area contributed by atoms with Gasteiger partial charge in [0.1, 0.15) is 0 Å². The van der Waals surface area contributed by atoms with E-state index >= 15 is 0 Å². The van der Waals surface area contributed by atoms with Crippen molar-refractivity contribution in [2.75, 3.05) is 20.3 Å². The smallest absolute Gasteiger partial charge is 0.317 e. The molecule has 110 valence electrons. The average molecular weight is 270 g/mol. The van der Waals surface area contributed by atoms with E-state index in [1.54, 1.807) is 11.9 Å². The highest BCUT2D eigenvalue weighted by Crippen LogP contribution is 2.39. The molecule has 2 fully saturated rings. The molecule has 2 N–H and O–H groups in total. The fraction of sp³-hybridized carbons (Fsp3) is 0.929. The zero-order valence-electron chi connectivity index (χ0n) is 12.0. The molecule has 5 heteroatoms. The summed E-state index contributed by atoms with van der Waals surface area (Å²) in [6, 6.07) is -0.0467. The molecule has 0 aromatic rings. The first-order valence-corrected chi connectivity index (χ1v) is 7.34. The summed E-state index contributed by atoms with van der Waals surface area (Å²) in [7, 11) is 1.72. The summed E-state index contributed by atoms with van der Waals surface area (Å²) in [5.41, 5.74) is 0.0252. The van der Waals surface area contributed by atoms with Crippen LogP contribution in [0.15, 0.2) is 0 Å². The van der Waals surface area contributed by atoms with Gasteiger partial charge in [-0.25, -0.2) is 4.79 Å². The topological polar surface area (TPSA) is 61.8 Å². The van der Waals surface area contributed by atoms with E-state index in [1.807, 2.05) is 6.92 Å². The number of aliphatic hydroxyl groups is 1. The van der Waals surface area contributed by atoms with E-state index in [0.717, 1.165) is 32.3 Å². The van der Waals surface area contributed by atoms with Crippen LogP contribution in [0.2, 0.25) is 0 Å². The quantitative estimate of drug-likeness (QED) is 0.817. The normalized spacial score (nSPS) is 27.2. The first kappa shape index (κ1) is 14.6. The number of nitrogens with zero attached hydrogens (tertiary/aromatic N) is 1. The number of amides is 2. The Kier molecular flexibility index (Phi) is 4.68. The second kappa shape index (κ2) is 6.09. The van der Waals surface area contributed by atoms with Gasteiger partial charge in [-0.2, -0.15) is 0 Å². The SMILES string of the molecule is CC(CO)N(C)C(=O)NC1CCOC2(CCCC2)C1. The Morgan fingerprint density at radius 1 is 1.53 bits per heavy atom. The third-order valence-electron chi connectivity index (χ3n) is 4.58. The minimum atomic E-state index is -0.153. The maximum Gasteiger partial charge on any atom is 0.317 e. The Morgan fingerprint density at radius 3 is 2.84 bits per heavy atom. The highest BCUT2D eigenvalue weighted by atomic mass is 16.5. The molecule has 19 heavy (non-hydrogen) atoms. The summed E-state index contributed by atoms with van der Waals surface area (Å²) in [5, 5.41) is 12.2. The number of hydrogen-bond donors (Lipinski definition) is 2. The zero-order chi connectivity index (χ0) is 13.9. The molecule has 0 radical (unpaired) electrons. The number of nitrogens with one attached hydrogen (secondary N) is 1. The van der Waals surface area contributed by atoms with Gasteiger partial charge >= 0.3 is 6.03 Å². The fourth-order valence-electron chi connectivity index (χ4n) is 3.12. The number of aliphatic hydroxyl groups excluding tert-OH is 1. The molecular formula is C14H26N2O3. The molecule has 1 heterocycles. The number of ether oxygens (including phenoxy) is 1. The predicted octanol–water partition coefficient (Wildman–Crippen LogP) is 1.50. The van der Waals surface area contributed by atoms with E-state index in [-0.39, 0.29) is 30.3 Å². The summed E-state index contributed by atoms with van der Waals surface area (Å²) >= 11 is 0. The lowest BCUT2D eigenvalue weighted by atomic mass is 9.89. The first-order valence-electron chi connectivity index (χ1n) is 7.34. The maximum atomic E-state index is 12.1. The molecule has 2 atom stereocenters. The van der Waals surface area contributed by atoms with E-state index in [0.29, 0.717) is 0 Å². The summed E-state index contributed by atoms with van der Waals surface area (Å²) in [6.45, 7) is 2.56. The molecule has 5 nitrogen and oxygen atoms in total. The molecule has 2 amide bonds. The van der Waals surface area contributed by atoms with Gasteiger partial charge in [-0.3, -0.25) is 0 Å². The lowest BCUT2D eigenvalue weighted by molar-refractivity contribution is -0.0824. The van der Waals surface area contributed by atoms with Crippen LogP contribution in [0.1, 0.15) is 45.4 Å². The Morgan fingerprint density at radius 2 is 2.21 bits per heavy atom. The van der Waals surface area contributed by atoms with Gasteiger partial charge in [0.2, 0.25) is 0 Å². The number of likely N-dealkylation sites (N-methyl/N-ethyl adjacent to an activating group) is 1. The van der Waals surface area contributed by atoms with E-state index in [9.17, 15) is 4.79 Å². The first-order chi connectivity index (χ1) is 9.06. The third-order valence-corrected chi connectivity index (χ3v) is 4.58. The van der Waals surface area contributed by atoms with Gasteiger partial charge in [0.25, 0.3) is 0 Å². The van der Waals surface area contributed by atoms with E-state index in [4.69, 9.17) is 9.84 Å². The molecule has 1 aliphatic heterocycles. The van der Waals surface area contributed by atoms with Gasteiger partial charge in [-0.1, -0.05) is 12.8 Å². The molecule has 0 aromatic heterocycles.